The molecule has 2 heterocycles. The number of Topliss-reactive ketones (excluding diaryl/α,β-unsaturated/α-hetero) is 1. The van der Waals surface area contributed by atoms with Gasteiger partial charge in [-0.3, -0.25) is 9.59 Å². The summed E-state index contributed by atoms with van der Waals surface area (Å²) in [6.07, 6.45) is 1.64. The third kappa shape index (κ3) is 4.15. The molecule has 1 aliphatic heterocycles. The first-order valence-electron chi connectivity index (χ1n) is 9.80. The number of rotatable bonds is 8. The lowest BCUT2D eigenvalue weighted by atomic mass is 9.95. The molecule has 156 valence electrons. The van der Waals surface area contributed by atoms with Crippen LogP contribution in [0.4, 0.5) is 0 Å². The van der Waals surface area contributed by atoms with E-state index in [1.165, 1.54) is 16.2 Å². The zero-order chi connectivity index (χ0) is 21.8. The highest BCUT2D eigenvalue weighted by Crippen LogP contribution is 2.41. The predicted octanol–water partition coefficient (Wildman–Crippen LogP) is 5.09. The van der Waals surface area contributed by atoms with Gasteiger partial charge in [0.25, 0.3) is 5.91 Å². The van der Waals surface area contributed by atoms with Crippen LogP contribution in [-0.2, 0) is 11.3 Å². The molecule has 5 nitrogen and oxygen atoms in total. The minimum atomic E-state index is -0.727. The van der Waals surface area contributed by atoms with Crippen LogP contribution in [0.5, 0.6) is 5.75 Å². The second kappa shape index (κ2) is 9.02. The fourth-order valence-corrected chi connectivity index (χ4v) is 4.32. The van der Waals surface area contributed by atoms with Gasteiger partial charge in [-0.15, -0.1) is 11.3 Å². The molecule has 4 rings (SSSR count). The summed E-state index contributed by atoms with van der Waals surface area (Å²) in [4.78, 5) is 28.3. The lowest BCUT2D eigenvalue weighted by molar-refractivity contribution is -0.130. The fourth-order valence-electron chi connectivity index (χ4n) is 3.65. The molecule has 1 N–H and O–H groups in total. The van der Waals surface area contributed by atoms with E-state index in [4.69, 9.17) is 4.74 Å². The van der Waals surface area contributed by atoms with Crippen molar-refractivity contribution in [2.24, 2.45) is 0 Å². The van der Waals surface area contributed by atoms with Crippen LogP contribution in [0.25, 0.3) is 0 Å². The molecule has 2 aromatic carbocycles. The van der Waals surface area contributed by atoms with Gasteiger partial charge in [0.2, 0.25) is 5.78 Å². The normalized spacial score (nSPS) is 15.9. The molecule has 1 amide bonds. The average Bonchev–Trinajstić information content (AvgIpc) is 3.42. The molecule has 31 heavy (non-hydrogen) atoms. The number of hydrogen-bond acceptors (Lipinski definition) is 5. The number of carbonyl (C=O) groups is 2. The van der Waals surface area contributed by atoms with Crippen LogP contribution in [0.2, 0.25) is 0 Å². The van der Waals surface area contributed by atoms with E-state index in [1.54, 1.807) is 35.7 Å². The van der Waals surface area contributed by atoms with Gasteiger partial charge >= 0.3 is 0 Å². The zero-order valence-electron chi connectivity index (χ0n) is 16.7. The molecule has 6 heteroatoms. The van der Waals surface area contributed by atoms with Gasteiger partial charge in [-0.25, -0.2) is 0 Å². The van der Waals surface area contributed by atoms with E-state index in [1.807, 2.05) is 42.5 Å². The lowest BCUT2D eigenvalue weighted by Crippen LogP contribution is -2.30. The quantitative estimate of drug-likeness (QED) is 0.398. The maximum Gasteiger partial charge on any atom is 0.290 e. The van der Waals surface area contributed by atoms with Crippen LogP contribution in [0.15, 0.2) is 96.1 Å². The second-order valence-corrected chi connectivity index (χ2v) is 8.01. The molecule has 0 saturated carbocycles. The summed E-state index contributed by atoms with van der Waals surface area (Å²) in [6, 6.07) is 19.5. The van der Waals surface area contributed by atoms with Crippen molar-refractivity contribution in [1.29, 1.82) is 0 Å². The number of ether oxygens (including phenoxy) is 1. The summed E-state index contributed by atoms with van der Waals surface area (Å²) in [7, 11) is 0. The van der Waals surface area contributed by atoms with E-state index in [0.29, 0.717) is 22.8 Å². The molecule has 1 aliphatic rings. The molecule has 1 aromatic heterocycles. The Kier molecular flexibility index (Phi) is 6.00. The Morgan fingerprint density at radius 1 is 1.13 bits per heavy atom. The predicted molar refractivity (Wildman–Crippen MR) is 120 cm³/mol. The van der Waals surface area contributed by atoms with Crippen LogP contribution in [-0.4, -0.2) is 28.3 Å². The third-order valence-corrected chi connectivity index (χ3v) is 5.90. The van der Waals surface area contributed by atoms with E-state index in [-0.39, 0.29) is 17.9 Å². The molecule has 0 aliphatic carbocycles. The summed E-state index contributed by atoms with van der Waals surface area (Å²) in [6.45, 7) is 4.25. The van der Waals surface area contributed by atoms with Crippen molar-refractivity contribution >= 4 is 23.0 Å². The van der Waals surface area contributed by atoms with Gasteiger partial charge in [0.1, 0.15) is 12.4 Å². The van der Waals surface area contributed by atoms with E-state index in [0.717, 1.165) is 5.56 Å². The molecule has 1 unspecified atom stereocenters. The first-order valence-corrected chi connectivity index (χ1v) is 10.7. The topological polar surface area (TPSA) is 66.8 Å². The molecule has 3 aromatic rings. The summed E-state index contributed by atoms with van der Waals surface area (Å²) >= 11 is 1.28. The largest absolute Gasteiger partial charge is 0.503 e. The third-order valence-electron chi connectivity index (χ3n) is 5.03. The van der Waals surface area contributed by atoms with Crippen molar-refractivity contribution in [3.8, 4) is 5.75 Å². The van der Waals surface area contributed by atoms with Gasteiger partial charge in [0.15, 0.2) is 5.76 Å². The van der Waals surface area contributed by atoms with E-state index >= 15 is 0 Å². The number of aliphatic hydroxyl groups is 1. The fraction of sp³-hybridized carbons (Fsp3) is 0.120. The smallest absolute Gasteiger partial charge is 0.290 e. The Morgan fingerprint density at radius 2 is 1.94 bits per heavy atom. The number of hydrogen-bond donors (Lipinski definition) is 1. The lowest BCUT2D eigenvalue weighted by Gasteiger charge is -2.27. The Hall–Kier alpha value is -3.64. The number of amides is 1. The van der Waals surface area contributed by atoms with Crippen molar-refractivity contribution in [2.45, 2.75) is 12.6 Å². The number of carbonyl (C=O) groups excluding carboxylic acids is 2. The summed E-state index contributed by atoms with van der Waals surface area (Å²) in [5, 5.41) is 12.5. The molecule has 0 saturated heterocycles. The minimum absolute atomic E-state index is 0.0873. The van der Waals surface area contributed by atoms with Crippen molar-refractivity contribution in [2.75, 3.05) is 6.61 Å². The van der Waals surface area contributed by atoms with Crippen LogP contribution in [0.1, 0.15) is 26.8 Å². The van der Waals surface area contributed by atoms with Gasteiger partial charge in [-0.05, 0) is 34.7 Å². The number of nitrogens with zero attached hydrogens (tertiary/aromatic N) is 1. The molecule has 0 spiro atoms. The SMILES string of the molecule is C=CCOc1cccc(C2C(C(=O)c3cccs3)=C(O)C(=O)N2Cc2ccccc2)c1. The van der Waals surface area contributed by atoms with Crippen LogP contribution >= 0.6 is 11.3 Å². The minimum Gasteiger partial charge on any atom is -0.503 e. The monoisotopic (exact) mass is 431 g/mol. The van der Waals surface area contributed by atoms with E-state index in [2.05, 4.69) is 6.58 Å². The molecule has 1 atom stereocenters. The Morgan fingerprint density at radius 3 is 2.65 bits per heavy atom. The van der Waals surface area contributed by atoms with Gasteiger partial charge in [-0.2, -0.15) is 0 Å². The van der Waals surface area contributed by atoms with Crippen molar-refractivity contribution in [1.82, 2.24) is 4.90 Å². The standard InChI is InChI=1S/C25H21NO4S/c1-2-13-30-19-11-6-10-18(15-19)22-21(23(27)20-12-7-14-31-20)24(28)25(29)26(22)16-17-8-4-3-5-9-17/h2-12,14-15,22,28H,1,13,16H2. The first kappa shape index (κ1) is 20.6. The second-order valence-electron chi connectivity index (χ2n) is 7.06. The zero-order valence-corrected chi connectivity index (χ0v) is 17.5. The number of benzene rings is 2. The molecule has 0 fully saturated rings. The van der Waals surface area contributed by atoms with Gasteiger partial charge in [0, 0.05) is 6.54 Å². The molecular formula is C25H21NO4S. The molecule has 0 radical (unpaired) electrons. The van der Waals surface area contributed by atoms with Crippen LogP contribution in [0, 0.1) is 0 Å². The Bertz CT molecular complexity index is 1140. The highest BCUT2D eigenvalue weighted by molar-refractivity contribution is 7.12. The first-order chi connectivity index (χ1) is 15.1. The van der Waals surface area contributed by atoms with Gasteiger partial charge in [0.05, 0.1) is 16.5 Å². The van der Waals surface area contributed by atoms with Crippen molar-refractivity contribution in [3.63, 3.8) is 0 Å². The Balaban J connectivity index is 1.78. The number of aliphatic hydroxyl groups excluding tert-OH is 1. The number of thiophene rings is 1. The average molecular weight is 432 g/mol. The summed E-state index contributed by atoms with van der Waals surface area (Å²) in [5.41, 5.74) is 1.68. The van der Waals surface area contributed by atoms with E-state index < -0.39 is 17.7 Å². The summed E-state index contributed by atoms with van der Waals surface area (Å²) in [5.74, 6) is -0.819. The van der Waals surface area contributed by atoms with Gasteiger partial charge < -0.3 is 14.7 Å². The van der Waals surface area contributed by atoms with Crippen molar-refractivity contribution in [3.05, 3.63) is 112 Å². The summed E-state index contributed by atoms with van der Waals surface area (Å²) < 4.78 is 5.65. The number of ketones is 1. The maximum absolute atomic E-state index is 13.3. The Labute approximate surface area is 184 Å². The highest BCUT2D eigenvalue weighted by Gasteiger charge is 2.44. The molecular weight excluding hydrogens is 410 g/mol. The van der Waals surface area contributed by atoms with Gasteiger partial charge in [-0.1, -0.05) is 61.2 Å². The highest BCUT2D eigenvalue weighted by atomic mass is 32.1. The van der Waals surface area contributed by atoms with Crippen LogP contribution in [0.3, 0.4) is 0 Å². The van der Waals surface area contributed by atoms with Crippen LogP contribution < -0.4 is 4.74 Å². The molecule has 0 bridgehead atoms. The van der Waals surface area contributed by atoms with E-state index in [9.17, 15) is 14.7 Å². The maximum atomic E-state index is 13.3. The van der Waals surface area contributed by atoms with Crippen molar-refractivity contribution < 1.29 is 19.4 Å².